The Hall–Kier alpha value is 0.480. The van der Waals surface area contributed by atoms with Crippen molar-refractivity contribution in [3.63, 3.8) is 0 Å². The molecule has 0 unspecified atom stereocenters. The van der Waals surface area contributed by atoms with Crippen molar-refractivity contribution < 1.29 is 0 Å². The third-order valence-electron chi connectivity index (χ3n) is 2.68. The van der Waals surface area contributed by atoms with E-state index in [0.717, 1.165) is 16.2 Å². The highest BCUT2D eigenvalue weighted by atomic mass is 79.9. The van der Waals surface area contributed by atoms with Crippen LogP contribution in [0.15, 0.2) is 0 Å². The van der Waals surface area contributed by atoms with Crippen LogP contribution in [-0.2, 0) is 0 Å². The summed E-state index contributed by atoms with van der Waals surface area (Å²) in [4.78, 5) is 0.863. The normalized spacial score (nSPS) is 54.0. The van der Waals surface area contributed by atoms with Crippen molar-refractivity contribution in [3.05, 3.63) is 0 Å². The van der Waals surface area contributed by atoms with E-state index in [-0.39, 0.29) is 0 Å². The highest BCUT2D eigenvalue weighted by Crippen LogP contribution is 2.63. The summed E-state index contributed by atoms with van der Waals surface area (Å²) >= 11 is 3.65. The largest absolute Gasteiger partial charge is 0.0884 e. The zero-order valence-corrected chi connectivity index (χ0v) is 6.74. The van der Waals surface area contributed by atoms with Crippen LogP contribution in [0.25, 0.3) is 0 Å². The molecule has 0 aromatic carbocycles. The van der Waals surface area contributed by atoms with Crippen LogP contribution in [0.2, 0.25) is 0 Å². The van der Waals surface area contributed by atoms with Gasteiger partial charge >= 0.3 is 0 Å². The van der Waals surface area contributed by atoms with Gasteiger partial charge in [-0.3, -0.25) is 0 Å². The molecule has 1 heteroatoms. The summed E-state index contributed by atoms with van der Waals surface area (Å²) in [6, 6.07) is 0. The molecule has 46 valence electrons. The summed E-state index contributed by atoms with van der Waals surface area (Å²) < 4.78 is 0. The van der Waals surface area contributed by atoms with E-state index in [1.54, 1.807) is 0 Å². The molecule has 0 N–H and O–H groups in total. The summed E-state index contributed by atoms with van der Waals surface area (Å²) in [5, 5.41) is 0. The zero-order valence-electron chi connectivity index (χ0n) is 5.15. The van der Waals surface area contributed by atoms with Gasteiger partial charge in [0.15, 0.2) is 0 Å². The maximum Gasteiger partial charge on any atom is 0.0208 e. The van der Waals surface area contributed by atoms with Gasteiger partial charge in [0.05, 0.1) is 0 Å². The van der Waals surface area contributed by atoms with Crippen LogP contribution in [0.1, 0.15) is 26.2 Å². The fraction of sp³-hybridized carbons (Fsp3) is 1.00. The van der Waals surface area contributed by atoms with Gasteiger partial charge in [0, 0.05) is 4.83 Å². The molecule has 2 saturated carbocycles. The molecule has 2 atom stereocenters. The van der Waals surface area contributed by atoms with E-state index >= 15 is 0 Å². The minimum Gasteiger partial charge on any atom is -0.0884 e. The standard InChI is InChI=1S/C7H11Br/c1-7(4-6(7)8)5-2-3-5/h5-6H,2-4H2,1H3/t6-,7-/m0/s1. The minimum atomic E-state index is 0.736. The first kappa shape index (κ1) is 5.28. The SMILES string of the molecule is C[C@@]1(C2CC2)C[C@@H]1Br. The van der Waals surface area contributed by atoms with Crippen molar-refractivity contribution in [2.45, 2.75) is 31.0 Å². The second-order valence-corrected chi connectivity index (χ2v) is 4.56. The van der Waals surface area contributed by atoms with Crippen molar-refractivity contribution in [2.75, 3.05) is 0 Å². The number of alkyl halides is 1. The molecule has 0 radical (unpaired) electrons. The van der Waals surface area contributed by atoms with E-state index < -0.39 is 0 Å². The summed E-state index contributed by atoms with van der Waals surface area (Å²) in [5.74, 6) is 1.09. The average Bonchev–Trinajstić information content (AvgIpc) is 2.44. The van der Waals surface area contributed by atoms with Crippen LogP contribution >= 0.6 is 15.9 Å². The van der Waals surface area contributed by atoms with Gasteiger partial charge in [0.2, 0.25) is 0 Å². The third-order valence-corrected chi connectivity index (χ3v) is 4.05. The maximum atomic E-state index is 3.65. The zero-order chi connectivity index (χ0) is 5.78. The molecule has 2 rings (SSSR count). The minimum absolute atomic E-state index is 0.736. The van der Waals surface area contributed by atoms with Gasteiger partial charge in [-0.25, -0.2) is 0 Å². The number of hydrogen-bond donors (Lipinski definition) is 0. The molecule has 2 aliphatic carbocycles. The van der Waals surface area contributed by atoms with E-state index in [1.807, 2.05) is 0 Å². The number of halogens is 1. The van der Waals surface area contributed by atoms with Crippen molar-refractivity contribution in [2.24, 2.45) is 11.3 Å². The van der Waals surface area contributed by atoms with Gasteiger partial charge in [0.1, 0.15) is 0 Å². The maximum absolute atomic E-state index is 3.65. The van der Waals surface area contributed by atoms with Crippen LogP contribution in [0, 0.1) is 11.3 Å². The fourth-order valence-corrected chi connectivity index (χ4v) is 2.56. The molecule has 0 heterocycles. The van der Waals surface area contributed by atoms with E-state index in [1.165, 1.54) is 19.3 Å². The van der Waals surface area contributed by atoms with Crippen LogP contribution in [0.5, 0.6) is 0 Å². The summed E-state index contributed by atoms with van der Waals surface area (Å²) in [6.07, 6.45) is 4.43. The van der Waals surface area contributed by atoms with Crippen molar-refractivity contribution in [1.29, 1.82) is 0 Å². The Morgan fingerprint density at radius 1 is 1.50 bits per heavy atom. The molecular weight excluding hydrogens is 164 g/mol. The third kappa shape index (κ3) is 0.570. The quantitative estimate of drug-likeness (QED) is 0.537. The fourth-order valence-electron chi connectivity index (χ4n) is 1.49. The lowest BCUT2D eigenvalue weighted by molar-refractivity contribution is 0.496. The molecule has 0 bridgehead atoms. The van der Waals surface area contributed by atoms with E-state index in [4.69, 9.17) is 0 Å². The summed E-state index contributed by atoms with van der Waals surface area (Å²) in [6.45, 7) is 2.41. The van der Waals surface area contributed by atoms with Gasteiger partial charge in [-0.2, -0.15) is 0 Å². The molecule has 0 spiro atoms. The number of rotatable bonds is 1. The first-order valence-electron chi connectivity index (χ1n) is 3.37. The first-order chi connectivity index (χ1) is 3.73. The van der Waals surface area contributed by atoms with Gasteiger partial charge in [0.25, 0.3) is 0 Å². The molecule has 2 aliphatic rings. The van der Waals surface area contributed by atoms with Crippen LogP contribution in [0.3, 0.4) is 0 Å². The Kier molecular flexibility index (Phi) is 0.865. The van der Waals surface area contributed by atoms with Crippen LogP contribution in [0.4, 0.5) is 0 Å². The lowest BCUT2D eigenvalue weighted by Crippen LogP contribution is -1.98. The first-order valence-corrected chi connectivity index (χ1v) is 4.29. The van der Waals surface area contributed by atoms with Crippen molar-refractivity contribution in [1.82, 2.24) is 0 Å². The van der Waals surface area contributed by atoms with Crippen LogP contribution in [-0.4, -0.2) is 4.83 Å². The lowest BCUT2D eigenvalue weighted by Gasteiger charge is -2.02. The molecular formula is C7H11Br. The van der Waals surface area contributed by atoms with Crippen LogP contribution < -0.4 is 0 Å². The second kappa shape index (κ2) is 1.31. The Balaban J connectivity index is 2.04. The topological polar surface area (TPSA) is 0 Å². The van der Waals surface area contributed by atoms with Gasteiger partial charge in [-0.05, 0) is 30.6 Å². The van der Waals surface area contributed by atoms with Crippen molar-refractivity contribution >= 4 is 15.9 Å². The molecule has 0 aromatic heterocycles. The Bertz CT molecular complexity index is 118. The van der Waals surface area contributed by atoms with Gasteiger partial charge < -0.3 is 0 Å². The highest BCUT2D eigenvalue weighted by Gasteiger charge is 2.57. The summed E-state index contributed by atoms with van der Waals surface area (Å²) in [5.41, 5.74) is 0.736. The van der Waals surface area contributed by atoms with E-state index in [2.05, 4.69) is 22.9 Å². The smallest absolute Gasteiger partial charge is 0.0208 e. The summed E-state index contributed by atoms with van der Waals surface area (Å²) in [7, 11) is 0. The molecule has 2 fully saturated rings. The molecule has 0 nitrogen and oxygen atoms in total. The predicted molar refractivity (Wildman–Crippen MR) is 38.2 cm³/mol. The lowest BCUT2D eigenvalue weighted by atomic mass is 10.0. The Morgan fingerprint density at radius 3 is 2.12 bits per heavy atom. The van der Waals surface area contributed by atoms with E-state index in [9.17, 15) is 0 Å². The van der Waals surface area contributed by atoms with Crippen molar-refractivity contribution in [3.8, 4) is 0 Å². The predicted octanol–water partition coefficient (Wildman–Crippen LogP) is 2.57. The molecule has 0 aromatic rings. The van der Waals surface area contributed by atoms with Gasteiger partial charge in [-0.1, -0.05) is 22.9 Å². The Labute approximate surface area is 58.8 Å². The van der Waals surface area contributed by atoms with Gasteiger partial charge in [-0.15, -0.1) is 0 Å². The monoisotopic (exact) mass is 174 g/mol. The molecule has 0 saturated heterocycles. The Morgan fingerprint density at radius 2 is 2.00 bits per heavy atom. The highest BCUT2D eigenvalue weighted by molar-refractivity contribution is 9.09. The number of hydrogen-bond acceptors (Lipinski definition) is 0. The molecule has 0 amide bonds. The second-order valence-electron chi connectivity index (χ2n) is 3.45. The van der Waals surface area contributed by atoms with E-state index in [0.29, 0.717) is 0 Å². The molecule has 0 aliphatic heterocycles. The average molecular weight is 175 g/mol. The molecule has 8 heavy (non-hydrogen) atoms.